The molecule has 0 saturated heterocycles. The molecule has 36 heavy (non-hydrogen) atoms. The van der Waals surface area contributed by atoms with E-state index in [0.717, 1.165) is 21.0 Å². The van der Waals surface area contributed by atoms with Crippen molar-refractivity contribution >= 4 is 27.8 Å². The minimum absolute atomic E-state index is 0.00260. The van der Waals surface area contributed by atoms with Gasteiger partial charge in [-0.05, 0) is 44.4 Å². The van der Waals surface area contributed by atoms with Crippen LogP contribution in [-0.4, -0.2) is 36.3 Å². The fourth-order valence-corrected chi connectivity index (χ4v) is 5.71. The normalized spacial score (nSPS) is 11.7. The summed E-state index contributed by atoms with van der Waals surface area (Å²) in [5.74, 6) is -0.644. The quantitative estimate of drug-likeness (QED) is 0.264. The van der Waals surface area contributed by atoms with E-state index in [4.69, 9.17) is 0 Å². The van der Waals surface area contributed by atoms with Crippen molar-refractivity contribution in [3.8, 4) is 0 Å². The number of carbonyl (C=O) groups is 1. The summed E-state index contributed by atoms with van der Waals surface area (Å²) in [6, 6.07) is 16.8. The predicted octanol–water partition coefficient (Wildman–Crippen LogP) is 4.17. The number of nitro groups is 1. The van der Waals surface area contributed by atoms with E-state index in [9.17, 15) is 23.3 Å². The van der Waals surface area contributed by atoms with Crippen LogP contribution in [0, 0.1) is 37.8 Å². The smallest absolute Gasteiger partial charge is 0.270 e. The van der Waals surface area contributed by atoms with Crippen molar-refractivity contribution in [1.29, 1.82) is 0 Å². The number of benzene rings is 3. The molecule has 0 aliphatic heterocycles. The van der Waals surface area contributed by atoms with Crippen LogP contribution in [0.3, 0.4) is 0 Å². The van der Waals surface area contributed by atoms with Crippen LogP contribution in [0.1, 0.15) is 33.4 Å². The van der Waals surface area contributed by atoms with E-state index in [1.807, 2.05) is 38.1 Å². The van der Waals surface area contributed by atoms with Crippen LogP contribution in [0.4, 0.5) is 5.69 Å². The van der Waals surface area contributed by atoms with E-state index in [0.29, 0.717) is 16.7 Å². The molecule has 10 heteroatoms. The summed E-state index contributed by atoms with van der Waals surface area (Å²) >= 11 is 0. The molecule has 0 aliphatic carbocycles. The molecular weight excluding hydrogens is 480 g/mol. The van der Waals surface area contributed by atoms with Crippen molar-refractivity contribution < 1.29 is 18.1 Å². The summed E-state index contributed by atoms with van der Waals surface area (Å²) in [6.45, 7) is 6.84. The molecule has 0 atom stereocenters. The lowest BCUT2D eigenvalue weighted by Gasteiger charge is -2.24. The molecule has 3 aromatic rings. The fraction of sp³-hybridized carbons (Fsp3) is 0.231. The highest BCUT2D eigenvalue weighted by atomic mass is 32.2. The van der Waals surface area contributed by atoms with Crippen LogP contribution in [-0.2, 0) is 21.4 Å². The van der Waals surface area contributed by atoms with Crippen LogP contribution < -0.4 is 5.43 Å². The minimum Gasteiger partial charge on any atom is -0.272 e. The molecule has 3 rings (SSSR count). The largest absolute Gasteiger partial charge is 0.272 e. The fourth-order valence-electron chi connectivity index (χ4n) is 3.92. The molecule has 9 nitrogen and oxygen atoms in total. The van der Waals surface area contributed by atoms with Gasteiger partial charge in [0, 0.05) is 24.2 Å². The first-order valence-electron chi connectivity index (χ1n) is 11.2. The number of nitro benzene ring substituents is 1. The van der Waals surface area contributed by atoms with Gasteiger partial charge < -0.3 is 0 Å². The molecule has 0 aliphatic rings. The van der Waals surface area contributed by atoms with Gasteiger partial charge in [0.2, 0.25) is 10.0 Å². The second-order valence-corrected chi connectivity index (χ2v) is 10.5. The van der Waals surface area contributed by atoms with Crippen molar-refractivity contribution in [3.63, 3.8) is 0 Å². The van der Waals surface area contributed by atoms with E-state index in [2.05, 4.69) is 10.5 Å². The summed E-state index contributed by atoms with van der Waals surface area (Å²) < 4.78 is 28.6. The molecule has 0 heterocycles. The number of non-ortho nitro benzene ring substituents is 1. The highest BCUT2D eigenvalue weighted by Gasteiger charge is 2.30. The lowest BCUT2D eigenvalue weighted by Crippen LogP contribution is -2.39. The van der Waals surface area contributed by atoms with Crippen LogP contribution in [0.2, 0.25) is 0 Å². The monoisotopic (exact) mass is 508 g/mol. The molecule has 0 unspecified atom stereocenters. The lowest BCUT2D eigenvalue weighted by molar-refractivity contribution is -0.384. The average molecular weight is 509 g/mol. The Labute approximate surface area is 210 Å². The van der Waals surface area contributed by atoms with E-state index in [1.165, 1.54) is 24.4 Å². The average Bonchev–Trinajstić information content (AvgIpc) is 2.79. The van der Waals surface area contributed by atoms with Gasteiger partial charge in [-0.15, -0.1) is 0 Å². The van der Waals surface area contributed by atoms with Crippen molar-refractivity contribution in [2.24, 2.45) is 5.10 Å². The van der Waals surface area contributed by atoms with Gasteiger partial charge >= 0.3 is 0 Å². The molecule has 0 aromatic heterocycles. The summed E-state index contributed by atoms with van der Waals surface area (Å²) in [4.78, 5) is 23.3. The third kappa shape index (κ3) is 6.61. The molecule has 0 bridgehead atoms. The van der Waals surface area contributed by atoms with Gasteiger partial charge in [-0.2, -0.15) is 9.41 Å². The van der Waals surface area contributed by atoms with Gasteiger partial charge in [-0.25, -0.2) is 13.8 Å². The van der Waals surface area contributed by atoms with E-state index in [-0.39, 0.29) is 17.1 Å². The second kappa shape index (κ2) is 11.2. The number of sulfonamides is 1. The minimum atomic E-state index is -4.03. The third-order valence-electron chi connectivity index (χ3n) is 5.49. The zero-order valence-electron chi connectivity index (χ0n) is 20.6. The summed E-state index contributed by atoms with van der Waals surface area (Å²) in [5.41, 5.74) is 6.55. The molecule has 188 valence electrons. The maximum Gasteiger partial charge on any atom is 0.270 e. The standard InChI is InChI=1S/C26H28N4O5S/c1-18-8-10-22(11-9-18)16-29(36(34,35)26-20(3)12-19(2)13-21(26)4)17-25(31)28-27-15-23-6-5-7-24(14-23)30(32)33/h5-15H,16-17H2,1-4H3,(H,28,31)/b27-15+. The zero-order valence-corrected chi connectivity index (χ0v) is 21.4. The van der Waals surface area contributed by atoms with Crippen molar-refractivity contribution in [1.82, 2.24) is 9.73 Å². The molecule has 1 N–H and O–H groups in total. The van der Waals surface area contributed by atoms with E-state index >= 15 is 0 Å². The number of rotatable bonds is 9. The molecular formula is C26H28N4O5S. The number of hydrazone groups is 1. The number of nitrogens with one attached hydrogen (secondary N) is 1. The highest BCUT2D eigenvalue weighted by Crippen LogP contribution is 2.26. The number of nitrogens with zero attached hydrogens (tertiary/aromatic N) is 3. The Morgan fingerprint density at radius 3 is 2.25 bits per heavy atom. The molecule has 0 radical (unpaired) electrons. The molecule has 0 fully saturated rings. The summed E-state index contributed by atoms with van der Waals surface area (Å²) in [7, 11) is -4.03. The van der Waals surface area contributed by atoms with Gasteiger partial charge in [0.1, 0.15) is 0 Å². The van der Waals surface area contributed by atoms with Crippen molar-refractivity contribution in [3.05, 3.63) is 104 Å². The summed E-state index contributed by atoms with van der Waals surface area (Å²) in [5, 5.41) is 14.8. The van der Waals surface area contributed by atoms with Crippen LogP contribution in [0.5, 0.6) is 0 Å². The molecule has 0 spiro atoms. The Kier molecular flexibility index (Phi) is 8.33. The molecule has 0 saturated carbocycles. The van der Waals surface area contributed by atoms with Crippen molar-refractivity contribution in [2.75, 3.05) is 6.54 Å². The SMILES string of the molecule is Cc1ccc(CN(CC(=O)N/N=C/c2cccc([N+](=O)[O-])c2)S(=O)(=O)c2c(C)cc(C)cc2C)cc1. The molecule has 1 amide bonds. The third-order valence-corrected chi connectivity index (χ3v) is 7.58. The van der Waals surface area contributed by atoms with Crippen LogP contribution >= 0.6 is 0 Å². The highest BCUT2D eigenvalue weighted by molar-refractivity contribution is 7.89. The van der Waals surface area contributed by atoms with E-state index < -0.39 is 27.4 Å². The number of hydrogen-bond acceptors (Lipinski definition) is 6. The Balaban J connectivity index is 1.86. The number of hydrogen-bond donors (Lipinski definition) is 1. The first kappa shape index (κ1) is 26.7. The van der Waals surface area contributed by atoms with Gasteiger partial charge in [0.15, 0.2) is 0 Å². The van der Waals surface area contributed by atoms with E-state index in [1.54, 1.807) is 32.0 Å². The van der Waals surface area contributed by atoms with Crippen LogP contribution in [0.25, 0.3) is 0 Å². The Morgan fingerprint density at radius 2 is 1.64 bits per heavy atom. The van der Waals surface area contributed by atoms with Crippen LogP contribution in [0.15, 0.2) is 70.7 Å². The Hall–Kier alpha value is -3.89. The summed E-state index contributed by atoms with van der Waals surface area (Å²) in [6.07, 6.45) is 1.26. The topological polar surface area (TPSA) is 122 Å². The first-order chi connectivity index (χ1) is 17.0. The lowest BCUT2D eigenvalue weighted by atomic mass is 10.1. The maximum absolute atomic E-state index is 13.7. The van der Waals surface area contributed by atoms with Gasteiger partial charge in [0.05, 0.1) is 22.6 Å². The second-order valence-electron chi connectivity index (χ2n) is 8.63. The maximum atomic E-state index is 13.7. The molecule has 3 aromatic carbocycles. The Bertz CT molecular complexity index is 1390. The zero-order chi connectivity index (χ0) is 26.5. The number of amides is 1. The number of carbonyl (C=O) groups excluding carboxylic acids is 1. The first-order valence-corrected chi connectivity index (χ1v) is 12.6. The van der Waals surface area contributed by atoms with Gasteiger partial charge in [-0.3, -0.25) is 14.9 Å². The Morgan fingerprint density at radius 1 is 1.00 bits per heavy atom. The van der Waals surface area contributed by atoms with Gasteiger partial charge in [-0.1, -0.05) is 59.7 Å². The number of aryl methyl sites for hydroxylation is 4. The van der Waals surface area contributed by atoms with Gasteiger partial charge in [0.25, 0.3) is 11.6 Å². The van der Waals surface area contributed by atoms with Crippen molar-refractivity contribution in [2.45, 2.75) is 39.1 Å². The predicted molar refractivity (Wildman–Crippen MR) is 138 cm³/mol.